The van der Waals surface area contributed by atoms with Gasteiger partial charge in [-0.1, -0.05) is 30.9 Å². The lowest BCUT2D eigenvalue weighted by atomic mass is 9.88. The Hall–Kier alpha value is -2.16. The van der Waals surface area contributed by atoms with Crippen LogP contribution in [0.5, 0.6) is 5.75 Å². The van der Waals surface area contributed by atoms with E-state index in [0.29, 0.717) is 29.8 Å². The molecule has 0 spiro atoms. The summed E-state index contributed by atoms with van der Waals surface area (Å²) in [5.41, 5.74) is 1.85. The number of hydrogen-bond acceptors (Lipinski definition) is 5. The zero-order chi connectivity index (χ0) is 23.0. The molecule has 33 heavy (non-hydrogen) atoms. The molecule has 1 saturated carbocycles. The summed E-state index contributed by atoms with van der Waals surface area (Å²) < 4.78 is 35.5. The lowest BCUT2D eigenvalue weighted by Gasteiger charge is -2.34. The molecule has 0 bridgehead atoms. The minimum Gasteiger partial charge on any atom is -0.495 e. The van der Waals surface area contributed by atoms with E-state index in [2.05, 4.69) is 9.55 Å². The molecule has 1 aliphatic heterocycles. The number of imidazole rings is 1. The third-order valence-corrected chi connectivity index (χ3v) is 9.19. The fourth-order valence-electron chi connectivity index (χ4n) is 5.25. The largest absolute Gasteiger partial charge is 0.495 e. The molecule has 2 aliphatic rings. The van der Waals surface area contributed by atoms with Gasteiger partial charge in [0.2, 0.25) is 10.0 Å². The number of sulfonamides is 1. The first-order chi connectivity index (χ1) is 16.0. The molecule has 2 aromatic heterocycles. The molecule has 3 aromatic rings. The van der Waals surface area contributed by atoms with Crippen molar-refractivity contribution in [2.24, 2.45) is 0 Å². The van der Waals surface area contributed by atoms with E-state index in [9.17, 15) is 8.42 Å². The van der Waals surface area contributed by atoms with Crippen LogP contribution in [0.1, 0.15) is 62.7 Å². The number of rotatable bonds is 5. The minimum absolute atomic E-state index is 0.188. The SMILES string of the molecule is COc1ccc(S(=O)(=O)N2CCC(n3c(C4CCCCC4)nc4cccnc43)CC2)cc1Cl. The van der Waals surface area contributed by atoms with E-state index in [1.165, 1.54) is 32.4 Å². The Balaban J connectivity index is 1.40. The maximum Gasteiger partial charge on any atom is 0.243 e. The average Bonchev–Trinajstić information content (AvgIpc) is 3.24. The molecular formula is C24H29ClN4O3S. The van der Waals surface area contributed by atoms with E-state index >= 15 is 0 Å². The van der Waals surface area contributed by atoms with Crippen LogP contribution < -0.4 is 4.74 Å². The number of nitrogens with zero attached hydrogens (tertiary/aromatic N) is 4. The topological polar surface area (TPSA) is 77.3 Å². The molecule has 7 nitrogen and oxygen atoms in total. The molecule has 176 valence electrons. The van der Waals surface area contributed by atoms with Gasteiger partial charge in [0, 0.05) is 31.2 Å². The minimum atomic E-state index is -3.62. The van der Waals surface area contributed by atoms with E-state index in [1.54, 1.807) is 16.4 Å². The van der Waals surface area contributed by atoms with Crippen molar-refractivity contribution < 1.29 is 13.2 Å². The Morgan fingerprint density at radius 3 is 2.52 bits per heavy atom. The van der Waals surface area contributed by atoms with Gasteiger partial charge in [-0.15, -0.1) is 0 Å². The van der Waals surface area contributed by atoms with E-state index in [-0.39, 0.29) is 10.9 Å². The Morgan fingerprint density at radius 1 is 1.06 bits per heavy atom. The van der Waals surface area contributed by atoms with Crippen LogP contribution in [0.25, 0.3) is 11.2 Å². The Morgan fingerprint density at radius 2 is 1.82 bits per heavy atom. The molecule has 0 atom stereocenters. The Labute approximate surface area is 199 Å². The Bertz CT molecular complexity index is 1250. The van der Waals surface area contributed by atoms with Crippen molar-refractivity contribution in [2.45, 2.75) is 61.8 Å². The zero-order valence-corrected chi connectivity index (χ0v) is 20.4. The number of fused-ring (bicyclic) bond motifs is 1. The van der Waals surface area contributed by atoms with Crippen molar-refractivity contribution in [2.75, 3.05) is 20.2 Å². The third-order valence-electron chi connectivity index (χ3n) is 7.00. The van der Waals surface area contributed by atoms with E-state index in [0.717, 1.165) is 42.7 Å². The fraction of sp³-hybridized carbons (Fsp3) is 0.500. The molecule has 0 radical (unpaired) electrons. The van der Waals surface area contributed by atoms with Crippen LogP contribution in [-0.2, 0) is 10.0 Å². The van der Waals surface area contributed by atoms with Crippen molar-refractivity contribution in [1.82, 2.24) is 18.8 Å². The maximum absolute atomic E-state index is 13.3. The van der Waals surface area contributed by atoms with Crippen molar-refractivity contribution in [1.29, 1.82) is 0 Å². The molecule has 1 aliphatic carbocycles. The van der Waals surface area contributed by atoms with Crippen LogP contribution >= 0.6 is 11.6 Å². The summed E-state index contributed by atoms with van der Waals surface area (Å²) in [6.07, 6.45) is 9.36. The van der Waals surface area contributed by atoms with Crippen LogP contribution in [0.15, 0.2) is 41.4 Å². The van der Waals surface area contributed by atoms with Crippen LogP contribution in [0.4, 0.5) is 0 Å². The first-order valence-corrected chi connectivity index (χ1v) is 13.5. The third kappa shape index (κ3) is 4.24. The number of pyridine rings is 1. The van der Waals surface area contributed by atoms with E-state index in [1.807, 2.05) is 18.3 Å². The number of halogens is 1. The second-order valence-electron chi connectivity index (χ2n) is 8.95. The number of ether oxygens (including phenoxy) is 1. The zero-order valence-electron chi connectivity index (χ0n) is 18.8. The van der Waals surface area contributed by atoms with Gasteiger partial charge < -0.3 is 9.30 Å². The van der Waals surface area contributed by atoms with Crippen LogP contribution in [0.3, 0.4) is 0 Å². The van der Waals surface area contributed by atoms with Crippen molar-refractivity contribution in [3.05, 3.63) is 47.4 Å². The van der Waals surface area contributed by atoms with Gasteiger partial charge in [0.25, 0.3) is 0 Å². The molecule has 9 heteroatoms. The summed E-state index contributed by atoms with van der Waals surface area (Å²) >= 11 is 6.19. The monoisotopic (exact) mass is 488 g/mol. The van der Waals surface area contributed by atoms with Gasteiger partial charge in [0.15, 0.2) is 5.65 Å². The number of hydrogen-bond donors (Lipinski definition) is 0. The first-order valence-electron chi connectivity index (χ1n) is 11.7. The lowest BCUT2D eigenvalue weighted by Crippen LogP contribution is -2.39. The van der Waals surface area contributed by atoms with E-state index in [4.69, 9.17) is 21.3 Å². The highest BCUT2D eigenvalue weighted by molar-refractivity contribution is 7.89. The highest BCUT2D eigenvalue weighted by atomic mass is 35.5. The summed E-state index contributed by atoms with van der Waals surface area (Å²) in [5.74, 6) is 2.05. The number of piperidine rings is 1. The normalized spacial score (nSPS) is 19.2. The van der Waals surface area contributed by atoms with Crippen molar-refractivity contribution in [3.63, 3.8) is 0 Å². The maximum atomic E-state index is 13.3. The highest BCUT2D eigenvalue weighted by Gasteiger charge is 2.33. The molecule has 0 unspecified atom stereocenters. The molecule has 3 heterocycles. The fourth-order valence-corrected chi connectivity index (χ4v) is 7.07. The van der Waals surface area contributed by atoms with Gasteiger partial charge in [-0.05, 0) is 56.0 Å². The molecule has 2 fully saturated rings. The highest BCUT2D eigenvalue weighted by Crippen LogP contribution is 2.38. The summed E-state index contributed by atoms with van der Waals surface area (Å²) in [6, 6.07) is 8.77. The number of benzene rings is 1. The van der Waals surface area contributed by atoms with Gasteiger partial charge in [0.1, 0.15) is 17.1 Å². The van der Waals surface area contributed by atoms with Crippen LogP contribution in [0, 0.1) is 0 Å². The molecule has 0 N–H and O–H groups in total. The number of aromatic nitrogens is 3. The molecule has 1 saturated heterocycles. The van der Waals surface area contributed by atoms with Gasteiger partial charge >= 0.3 is 0 Å². The van der Waals surface area contributed by atoms with Gasteiger partial charge in [-0.3, -0.25) is 0 Å². The lowest BCUT2D eigenvalue weighted by molar-refractivity contribution is 0.268. The molecular weight excluding hydrogens is 460 g/mol. The predicted octanol–water partition coefficient (Wildman–Crippen LogP) is 5.17. The summed E-state index contributed by atoms with van der Waals surface area (Å²) in [4.78, 5) is 9.85. The second-order valence-corrected chi connectivity index (χ2v) is 11.3. The van der Waals surface area contributed by atoms with Crippen molar-refractivity contribution in [3.8, 4) is 5.75 Å². The van der Waals surface area contributed by atoms with Crippen LogP contribution in [-0.4, -0.2) is 47.5 Å². The van der Waals surface area contributed by atoms with Gasteiger partial charge in [0.05, 0.1) is 17.0 Å². The smallest absolute Gasteiger partial charge is 0.243 e. The molecule has 1 aromatic carbocycles. The quantitative estimate of drug-likeness (QED) is 0.495. The first kappa shape index (κ1) is 22.6. The standard InChI is InChI=1S/C24H29ClN4O3S/c1-32-22-10-9-19(16-20(22)25)33(30,31)28-14-11-18(12-15-28)29-23(17-6-3-2-4-7-17)27-21-8-5-13-26-24(21)29/h5,8-10,13,16-18H,2-4,6-7,11-12,14-15H2,1H3. The summed E-state index contributed by atoms with van der Waals surface area (Å²) in [7, 11) is -2.11. The second kappa shape index (κ2) is 9.24. The molecule has 0 amide bonds. The van der Waals surface area contributed by atoms with Gasteiger partial charge in [-0.2, -0.15) is 4.31 Å². The van der Waals surface area contributed by atoms with Crippen LogP contribution in [0.2, 0.25) is 5.02 Å². The van der Waals surface area contributed by atoms with Gasteiger partial charge in [-0.25, -0.2) is 18.4 Å². The number of methoxy groups -OCH3 is 1. The molecule has 5 rings (SSSR count). The van der Waals surface area contributed by atoms with Crippen molar-refractivity contribution >= 4 is 32.8 Å². The Kier molecular flexibility index (Phi) is 6.33. The summed E-state index contributed by atoms with van der Waals surface area (Å²) in [6.45, 7) is 0.903. The summed E-state index contributed by atoms with van der Waals surface area (Å²) in [5, 5.41) is 0.293. The average molecular weight is 489 g/mol. The van der Waals surface area contributed by atoms with E-state index < -0.39 is 10.0 Å². The predicted molar refractivity (Wildman–Crippen MR) is 128 cm³/mol.